The molecule has 15 heavy (non-hydrogen) atoms. The molecule has 4 heteroatoms. The van der Waals surface area contributed by atoms with Gasteiger partial charge in [0.25, 0.3) is 0 Å². The number of hydrogen-bond acceptors (Lipinski definition) is 3. The summed E-state index contributed by atoms with van der Waals surface area (Å²) in [5.41, 5.74) is 1.54. The van der Waals surface area contributed by atoms with E-state index in [2.05, 4.69) is 4.74 Å². The van der Waals surface area contributed by atoms with Gasteiger partial charge in [-0.25, -0.2) is 0 Å². The van der Waals surface area contributed by atoms with Gasteiger partial charge < -0.3 is 9.84 Å². The highest BCUT2D eigenvalue weighted by Crippen LogP contribution is 2.26. The molecule has 0 aliphatic carbocycles. The summed E-state index contributed by atoms with van der Waals surface area (Å²) in [7, 11) is 1.28. The molecule has 3 nitrogen and oxygen atoms in total. The maximum Gasteiger partial charge on any atom is 0.308 e. The van der Waals surface area contributed by atoms with E-state index < -0.39 is 12.1 Å². The van der Waals surface area contributed by atoms with Crippen molar-refractivity contribution in [3.63, 3.8) is 0 Å². The van der Waals surface area contributed by atoms with Crippen molar-refractivity contribution in [1.29, 1.82) is 0 Å². The van der Waals surface area contributed by atoms with Crippen LogP contribution in [0.5, 0.6) is 0 Å². The van der Waals surface area contributed by atoms with Crippen LogP contribution in [0.25, 0.3) is 0 Å². The van der Waals surface area contributed by atoms with Gasteiger partial charge in [0.05, 0.1) is 19.6 Å². The Balaban J connectivity index is 2.85. The number of ether oxygens (including phenoxy) is 1. The van der Waals surface area contributed by atoms with Gasteiger partial charge in [-0.05, 0) is 18.6 Å². The first kappa shape index (κ1) is 12.0. The first-order valence-corrected chi connectivity index (χ1v) is 4.93. The zero-order chi connectivity index (χ0) is 11.4. The Morgan fingerprint density at radius 3 is 2.87 bits per heavy atom. The molecule has 0 aliphatic rings. The van der Waals surface area contributed by atoms with Crippen LogP contribution in [-0.2, 0) is 9.53 Å². The highest BCUT2D eigenvalue weighted by atomic mass is 35.5. The number of rotatable bonds is 3. The lowest BCUT2D eigenvalue weighted by Crippen LogP contribution is -2.08. The van der Waals surface area contributed by atoms with E-state index in [1.807, 2.05) is 13.0 Å². The molecule has 0 saturated heterocycles. The van der Waals surface area contributed by atoms with E-state index in [9.17, 15) is 9.90 Å². The zero-order valence-electron chi connectivity index (χ0n) is 8.66. The summed E-state index contributed by atoms with van der Waals surface area (Å²) in [6.45, 7) is 1.89. The molecule has 1 rings (SSSR count). The maximum absolute atomic E-state index is 11.0. The van der Waals surface area contributed by atoms with E-state index >= 15 is 0 Å². The Morgan fingerprint density at radius 1 is 1.60 bits per heavy atom. The van der Waals surface area contributed by atoms with Crippen LogP contribution in [-0.4, -0.2) is 18.2 Å². The van der Waals surface area contributed by atoms with Gasteiger partial charge in [-0.2, -0.15) is 0 Å². The van der Waals surface area contributed by atoms with Crippen molar-refractivity contribution in [3.8, 4) is 0 Å². The number of esters is 1. The molecular weight excluding hydrogens is 216 g/mol. The van der Waals surface area contributed by atoms with Crippen LogP contribution in [0.3, 0.4) is 0 Å². The quantitative estimate of drug-likeness (QED) is 0.808. The zero-order valence-corrected chi connectivity index (χ0v) is 9.41. The topological polar surface area (TPSA) is 46.5 Å². The molecule has 1 aromatic rings. The summed E-state index contributed by atoms with van der Waals surface area (Å²) in [5.74, 6) is -0.458. The number of hydrogen-bond donors (Lipinski definition) is 1. The minimum absolute atomic E-state index is 0.0837. The fourth-order valence-electron chi connectivity index (χ4n) is 1.27. The van der Waals surface area contributed by atoms with Crippen LogP contribution in [0.1, 0.15) is 23.7 Å². The number of carbonyl (C=O) groups excluding carboxylic acids is 1. The molecule has 1 N–H and O–H groups in total. The van der Waals surface area contributed by atoms with Gasteiger partial charge in [-0.15, -0.1) is 0 Å². The first-order chi connectivity index (χ1) is 7.04. The fraction of sp³-hybridized carbons (Fsp3) is 0.364. The van der Waals surface area contributed by atoms with E-state index in [-0.39, 0.29) is 6.42 Å². The van der Waals surface area contributed by atoms with Crippen LogP contribution >= 0.6 is 11.6 Å². The number of halogens is 1. The summed E-state index contributed by atoms with van der Waals surface area (Å²) in [6, 6.07) is 5.30. The summed E-state index contributed by atoms with van der Waals surface area (Å²) < 4.78 is 4.47. The molecule has 82 valence electrons. The third-order valence-corrected chi connectivity index (χ3v) is 2.44. The Labute approximate surface area is 93.6 Å². The summed E-state index contributed by atoms with van der Waals surface area (Å²) in [6.07, 6.45) is -0.996. The van der Waals surface area contributed by atoms with Crippen molar-refractivity contribution in [3.05, 3.63) is 34.3 Å². The van der Waals surface area contributed by atoms with Gasteiger partial charge in [0.2, 0.25) is 0 Å². The number of methoxy groups -OCH3 is 1. The number of carbonyl (C=O) groups is 1. The Hall–Kier alpha value is -1.06. The molecule has 0 bridgehead atoms. The number of aliphatic hydroxyl groups excluding tert-OH is 1. The Morgan fingerprint density at radius 2 is 2.27 bits per heavy atom. The van der Waals surface area contributed by atoms with Crippen molar-refractivity contribution in [2.45, 2.75) is 19.4 Å². The van der Waals surface area contributed by atoms with Gasteiger partial charge in [0.1, 0.15) is 0 Å². The molecule has 0 unspecified atom stereocenters. The largest absolute Gasteiger partial charge is 0.469 e. The predicted octanol–water partition coefficient (Wildman–Crippen LogP) is 2.24. The number of aryl methyl sites for hydroxylation is 1. The van der Waals surface area contributed by atoms with Gasteiger partial charge in [0, 0.05) is 5.02 Å². The third kappa shape index (κ3) is 3.22. The van der Waals surface area contributed by atoms with Crippen LogP contribution in [0, 0.1) is 6.92 Å². The molecule has 0 heterocycles. The minimum Gasteiger partial charge on any atom is -0.469 e. The van der Waals surface area contributed by atoms with Gasteiger partial charge in [-0.3, -0.25) is 4.79 Å². The molecule has 0 fully saturated rings. The summed E-state index contributed by atoms with van der Waals surface area (Å²) in [4.78, 5) is 11.0. The smallest absolute Gasteiger partial charge is 0.308 e. The Kier molecular flexibility index (Phi) is 4.12. The molecule has 0 amide bonds. The van der Waals surface area contributed by atoms with Crippen LogP contribution < -0.4 is 0 Å². The number of aliphatic hydroxyl groups is 1. The predicted molar refractivity (Wildman–Crippen MR) is 57.8 cm³/mol. The second-order valence-electron chi connectivity index (χ2n) is 3.32. The molecule has 0 saturated carbocycles. The van der Waals surface area contributed by atoms with Crippen molar-refractivity contribution in [2.75, 3.05) is 7.11 Å². The van der Waals surface area contributed by atoms with E-state index in [0.717, 1.165) is 5.56 Å². The molecular formula is C11H13ClO3. The van der Waals surface area contributed by atoms with Crippen molar-refractivity contribution in [2.24, 2.45) is 0 Å². The van der Waals surface area contributed by atoms with E-state index in [0.29, 0.717) is 10.6 Å². The molecule has 0 aromatic heterocycles. The lowest BCUT2D eigenvalue weighted by Gasteiger charge is -2.12. The average Bonchev–Trinajstić information content (AvgIpc) is 2.21. The number of benzene rings is 1. The molecule has 0 spiro atoms. The molecule has 0 radical (unpaired) electrons. The average molecular weight is 229 g/mol. The normalized spacial score (nSPS) is 12.3. The molecule has 0 aliphatic heterocycles. The van der Waals surface area contributed by atoms with Crippen molar-refractivity contribution in [1.82, 2.24) is 0 Å². The summed E-state index contributed by atoms with van der Waals surface area (Å²) >= 11 is 5.91. The van der Waals surface area contributed by atoms with Crippen LogP contribution in [0.4, 0.5) is 0 Å². The van der Waals surface area contributed by atoms with Crippen LogP contribution in [0.2, 0.25) is 5.02 Å². The first-order valence-electron chi connectivity index (χ1n) is 4.55. The lowest BCUT2D eigenvalue weighted by molar-refractivity contribution is -0.142. The molecule has 1 aromatic carbocycles. The standard InChI is InChI=1S/C11H13ClO3/c1-7-3-4-9(12)8(5-7)10(13)6-11(14)15-2/h3-5,10,13H,6H2,1-2H3/t10-/m1/s1. The summed E-state index contributed by atoms with van der Waals surface area (Å²) in [5, 5.41) is 10.2. The maximum atomic E-state index is 11.0. The monoisotopic (exact) mass is 228 g/mol. The SMILES string of the molecule is COC(=O)C[C@@H](O)c1cc(C)ccc1Cl. The van der Waals surface area contributed by atoms with Crippen LogP contribution in [0.15, 0.2) is 18.2 Å². The molecule has 1 atom stereocenters. The third-order valence-electron chi connectivity index (χ3n) is 2.10. The van der Waals surface area contributed by atoms with E-state index in [1.54, 1.807) is 12.1 Å². The van der Waals surface area contributed by atoms with E-state index in [1.165, 1.54) is 7.11 Å². The highest BCUT2D eigenvalue weighted by Gasteiger charge is 2.16. The van der Waals surface area contributed by atoms with Gasteiger partial charge in [0.15, 0.2) is 0 Å². The minimum atomic E-state index is -0.912. The second-order valence-corrected chi connectivity index (χ2v) is 3.73. The van der Waals surface area contributed by atoms with Gasteiger partial charge in [-0.1, -0.05) is 29.3 Å². The van der Waals surface area contributed by atoms with Crippen molar-refractivity contribution < 1.29 is 14.6 Å². The van der Waals surface area contributed by atoms with Gasteiger partial charge >= 0.3 is 5.97 Å². The Bertz CT molecular complexity index is 363. The lowest BCUT2D eigenvalue weighted by atomic mass is 10.0. The van der Waals surface area contributed by atoms with E-state index in [4.69, 9.17) is 11.6 Å². The highest BCUT2D eigenvalue weighted by molar-refractivity contribution is 6.31. The van der Waals surface area contributed by atoms with Crippen molar-refractivity contribution >= 4 is 17.6 Å². The fourth-order valence-corrected chi connectivity index (χ4v) is 1.51. The second kappa shape index (κ2) is 5.14.